The molecule has 1 aromatic carbocycles. The second-order valence-electron chi connectivity index (χ2n) is 4.34. The molecule has 1 atom stereocenters. The lowest BCUT2D eigenvalue weighted by atomic mass is 9.98. The molecule has 0 N–H and O–H groups in total. The molecule has 96 valence electrons. The molecule has 0 bridgehead atoms. The first-order valence-corrected chi connectivity index (χ1v) is 6.06. The Kier molecular flexibility index (Phi) is 3.87. The number of fused-ring (bicyclic) bond motifs is 1. The van der Waals surface area contributed by atoms with E-state index in [9.17, 15) is 14.0 Å². The Balaban J connectivity index is 2.06. The van der Waals surface area contributed by atoms with E-state index in [1.165, 1.54) is 18.2 Å². The lowest BCUT2D eigenvalue weighted by molar-refractivity contribution is -0.122. The van der Waals surface area contributed by atoms with Crippen LogP contribution in [0.15, 0.2) is 18.2 Å². The van der Waals surface area contributed by atoms with Crippen LogP contribution in [0.5, 0.6) is 0 Å². The van der Waals surface area contributed by atoms with E-state index in [0.29, 0.717) is 30.8 Å². The Morgan fingerprint density at radius 2 is 2.28 bits per heavy atom. The molecule has 1 unspecified atom stereocenters. The second-order valence-corrected chi connectivity index (χ2v) is 4.34. The summed E-state index contributed by atoms with van der Waals surface area (Å²) in [5.41, 5.74) is 1.11. The maximum Gasteiger partial charge on any atom is 0.173 e. The number of carbonyl (C=O) groups excluding carboxylic acids is 2. The minimum Gasteiger partial charge on any atom is -0.381 e. The third-order valence-electron chi connectivity index (χ3n) is 3.16. The molecule has 0 aliphatic heterocycles. The highest BCUT2D eigenvalue weighted by Crippen LogP contribution is 2.28. The van der Waals surface area contributed by atoms with Gasteiger partial charge in [0.1, 0.15) is 11.6 Å². The van der Waals surface area contributed by atoms with Crippen molar-refractivity contribution in [1.29, 1.82) is 0 Å². The lowest BCUT2D eigenvalue weighted by Crippen LogP contribution is -2.22. The molecule has 0 radical (unpaired) electrons. The molecule has 3 nitrogen and oxygen atoms in total. The van der Waals surface area contributed by atoms with E-state index in [0.717, 1.165) is 0 Å². The van der Waals surface area contributed by atoms with Crippen LogP contribution in [0.3, 0.4) is 0 Å². The van der Waals surface area contributed by atoms with Crippen molar-refractivity contribution < 1.29 is 18.7 Å². The molecule has 1 aliphatic rings. The van der Waals surface area contributed by atoms with Crippen LogP contribution in [0, 0.1) is 11.7 Å². The van der Waals surface area contributed by atoms with Gasteiger partial charge >= 0.3 is 0 Å². The predicted molar refractivity (Wildman–Crippen MR) is 64.0 cm³/mol. The molecule has 4 heteroatoms. The monoisotopic (exact) mass is 250 g/mol. The lowest BCUT2D eigenvalue weighted by Gasteiger charge is -2.06. The fourth-order valence-electron chi connectivity index (χ4n) is 2.22. The van der Waals surface area contributed by atoms with E-state index in [1.807, 2.05) is 6.92 Å². The summed E-state index contributed by atoms with van der Waals surface area (Å²) in [6.07, 6.45) is 0.553. The van der Waals surface area contributed by atoms with E-state index in [2.05, 4.69) is 0 Å². The quantitative estimate of drug-likeness (QED) is 0.594. The molecule has 0 saturated heterocycles. The van der Waals surface area contributed by atoms with Gasteiger partial charge in [-0.05, 0) is 37.1 Å². The maximum atomic E-state index is 13.0. The highest BCUT2D eigenvalue weighted by atomic mass is 19.1. The number of ether oxygens (including phenoxy) is 1. The SMILES string of the molecule is CCOCCC(=O)C1Cc2cc(F)ccc2C1=O. The van der Waals surface area contributed by atoms with Crippen molar-refractivity contribution in [2.45, 2.75) is 19.8 Å². The zero-order valence-corrected chi connectivity index (χ0v) is 10.2. The van der Waals surface area contributed by atoms with Crippen LogP contribution in [0.4, 0.5) is 4.39 Å². The van der Waals surface area contributed by atoms with E-state index in [4.69, 9.17) is 4.74 Å². The topological polar surface area (TPSA) is 43.4 Å². The molecule has 0 amide bonds. The number of Topliss-reactive ketones (excluding diaryl/α,β-unsaturated/α-hetero) is 2. The molecule has 1 aliphatic carbocycles. The Morgan fingerprint density at radius 1 is 1.50 bits per heavy atom. The molecular weight excluding hydrogens is 235 g/mol. The van der Waals surface area contributed by atoms with Gasteiger partial charge in [0.2, 0.25) is 0 Å². The van der Waals surface area contributed by atoms with Crippen molar-refractivity contribution in [2.24, 2.45) is 5.92 Å². The van der Waals surface area contributed by atoms with Crippen molar-refractivity contribution in [2.75, 3.05) is 13.2 Å². The summed E-state index contributed by atoms with van der Waals surface area (Å²) in [4.78, 5) is 23.9. The van der Waals surface area contributed by atoms with Crippen LogP contribution < -0.4 is 0 Å². The van der Waals surface area contributed by atoms with Gasteiger partial charge in [-0.15, -0.1) is 0 Å². The van der Waals surface area contributed by atoms with Gasteiger partial charge in [-0.3, -0.25) is 9.59 Å². The zero-order chi connectivity index (χ0) is 13.1. The van der Waals surface area contributed by atoms with Crippen molar-refractivity contribution >= 4 is 11.6 Å². The molecule has 0 heterocycles. The molecule has 0 spiro atoms. The van der Waals surface area contributed by atoms with Gasteiger partial charge in [0.15, 0.2) is 5.78 Å². The summed E-state index contributed by atoms with van der Waals surface area (Å²) in [6.45, 7) is 2.74. The number of carbonyl (C=O) groups is 2. The first-order valence-electron chi connectivity index (χ1n) is 6.06. The molecule has 1 aromatic rings. The van der Waals surface area contributed by atoms with Gasteiger partial charge in [-0.25, -0.2) is 4.39 Å². The third-order valence-corrected chi connectivity index (χ3v) is 3.16. The van der Waals surface area contributed by atoms with Crippen LogP contribution in [0.25, 0.3) is 0 Å². The molecule has 0 aromatic heterocycles. The second kappa shape index (κ2) is 5.40. The maximum absolute atomic E-state index is 13.0. The standard InChI is InChI=1S/C14H15FO3/c1-2-18-6-5-13(16)12-8-9-7-10(15)3-4-11(9)14(12)17/h3-4,7,12H,2,5-6,8H2,1H3. The summed E-state index contributed by atoms with van der Waals surface area (Å²) in [5.74, 6) is -1.33. The van der Waals surface area contributed by atoms with Gasteiger partial charge in [0.25, 0.3) is 0 Å². The fraction of sp³-hybridized carbons (Fsp3) is 0.429. The molecule has 18 heavy (non-hydrogen) atoms. The summed E-state index contributed by atoms with van der Waals surface area (Å²) < 4.78 is 18.2. The van der Waals surface area contributed by atoms with Crippen LogP contribution >= 0.6 is 0 Å². The van der Waals surface area contributed by atoms with Gasteiger partial charge in [0, 0.05) is 18.6 Å². The average Bonchev–Trinajstić information content (AvgIpc) is 2.66. The highest BCUT2D eigenvalue weighted by molar-refractivity contribution is 6.14. The Hall–Kier alpha value is -1.55. The summed E-state index contributed by atoms with van der Waals surface area (Å²) >= 11 is 0. The van der Waals surface area contributed by atoms with Crippen molar-refractivity contribution in [3.05, 3.63) is 35.1 Å². The molecule has 0 fully saturated rings. The van der Waals surface area contributed by atoms with E-state index >= 15 is 0 Å². The number of rotatable bonds is 5. The number of hydrogen-bond donors (Lipinski definition) is 0. The van der Waals surface area contributed by atoms with Crippen molar-refractivity contribution in [1.82, 2.24) is 0 Å². The van der Waals surface area contributed by atoms with Crippen LogP contribution in [0.2, 0.25) is 0 Å². The largest absolute Gasteiger partial charge is 0.381 e. The minimum atomic E-state index is -0.651. The van der Waals surface area contributed by atoms with Gasteiger partial charge in [-0.2, -0.15) is 0 Å². The smallest absolute Gasteiger partial charge is 0.173 e. The van der Waals surface area contributed by atoms with Gasteiger partial charge in [0.05, 0.1) is 12.5 Å². The van der Waals surface area contributed by atoms with Crippen LogP contribution in [-0.2, 0) is 16.0 Å². The zero-order valence-electron chi connectivity index (χ0n) is 10.2. The first-order chi connectivity index (χ1) is 8.63. The van der Waals surface area contributed by atoms with E-state index in [1.54, 1.807) is 0 Å². The van der Waals surface area contributed by atoms with E-state index < -0.39 is 5.92 Å². The highest BCUT2D eigenvalue weighted by Gasteiger charge is 2.35. The van der Waals surface area contributed by atoms with E-state index in [-0.39, 0.29) is 23.8 Å². The third kappa shape index (κ3) is 2.48. The Morgan fingerprint density at radius 3 is 3.00 bits per heavy atom. The molecular formula is C14H15FO3. The minimum absolute atomic E-state index is 0.120. The van der Waals surface area contributed by atoms with Gasteiger partial charge in [-0.1, -0.05) is 0 Å². The summed E-state index contributed by atoms with van der Waals surface area (Å²) in [5, 5.41) is 0. The molecule has 2 rings (SSSR count). The Bertz CT molecular complexity index is 482. The van der Waals surface area contributed by atoms with Gasteiger partial charge < -0.3 is 4.74 Å². The normalized spacial score (nSPS) is 17.9. The number of benzene rings is 1. The van der Waals surface area contributed by atoms with Crippen molar-refractivity contribution in [3.8, 4) is 0 Å². The van der Waals surface area contributed by atoms with Crippen molar-refractivity contribution in [3.63, 3.8) is 0 Å². The number of ketones is 2. The van der Waals surface area contributed by atoms with Crippen LogP contribution in [0.1, 0.15) is 29.3 Å². The number of halogens is 1. The van der Waals surface area contributed by atoms with Crippen LogP contribution in [-0.4, -0.2) is 24.8 Å². The average molecular weight is 250 g/mol. The number of hydrogen-bond acceptors (Lipinski definition) is 3. The predicted octanol–water partition coefficient (Wildman–Crippen LogP) is 2.18. The first kappa shape index (κ1) is 12.9. The molecule has 0 saturated carbocycles. The summed E-state index contributed by atoms with van der Waals surface area (Å²) in [7, 11) is 0. The Labute approximate surface area is 105 Å². The summed E-state index contributed by atoms with van der Waals surface area (Å²) in [6, 6.07) is 4.05. The fourth-order valence-corrected chi connectivity index (χ4v) is 2.22.